The van der Waals surface area contributed by atoms with Crippen molar-refractivity contribution in [1.82, 2.24) is 4.90 Å². The lowest BCUT2D eigenvalue weighted by Gasteiger charge is -2.37. The van der Waals surface area contributed by atoms with Gasteiger partial charge >= 0.3 is 0 Å². The average molecular weight is 198 g/mol. The predicted octanol–water partition coefficient (Wildman–Crippen LogP) is -0.754. The van der Waals surface area contributed by atoms with Gasteiger partial charge in [0.25, 0.3) is 0 Å². The number of nitriles is 1. The first-order chi connectivity index (χ1) is 6.61. The SMILES string of the molecule is N#CCC(=O)N1CCCC(O)(CO)C1. The minimum Gasteiger partial charge on any atom is -0.393 e. The molecule has 1 fully saturated rings. The van der Waals surface area contributed by atoms with Crippen molar-refractivity contribution in [2.75, 3.05) is 19.7 Å². The van der Waals surface area contributed by atoms with Gasteiger partial charge in [-0.3, -0.25) is 4.79 Å². The zero-order chi connectivity index (χ0) is 10.6. The van der Waals surface area contributed by atoms with Crippen molar-refractivity contribution in [3.63, 3.8) is 0 Å². The number of amides is 1. The Balaban J connectivity index is 2.57. The smallest absolute Gasteiger partial charge is 0.236 e. The molecule has 0 saturated carbocycles. The molecular weight excluding hydrogens is 184 g/mol. The largest absolute Gasteiger partial charge is 0.393 e. The van der Waals surface area contributed by atoms with Crippen molar-refractivity contribution in [3.05, 3.63) is 0 Å². The molecule has 1 unspecified atom stereocenters. The lowest BCUT2D eigenvalue weighted by Crippen LogP contribution is -2.52. The first-order valence-corrected chi connectivity index (χ1v) is 4.59. The van der Waals surface area contributed by atoms with E-state index in [1.807, 2.05) is 0 Å². The van der Waals surface area contributed by atoms with Crippen molar-refractivity contribution in [2.24, 2.45) is 0 Å². The van der Waals surface area contributed by atoms with Gasteiger partial charge in [-0.05, 0) is 12.8 Å². The highest BCUT2D eigenvalue weighted by molar-refractivity contribution is 5.78. The van der Waals surface area contributed by atoms with E-state index in [0.29, 0.717) is 19.4 Å². The third-order valence-corrected chi connectivity index (χ3v) is 2.43. The predicted molar refractivity (Wildman–Crippen MR) is 48.1 cm³/mol. The van der Waals surface area contributed by atoms with E-state index < -0.39 is 5.60 Å². The summed E-state index contributed by atoms with van der Waals surface area (Å²) in [6.45, 7) is 0.343. The fourth-order valence-corrected chi connectivity index (χ4v) is 1.63. The lowest BCUT2D eigenvalue weighted by atomic mass is 9.93. The number of rotatable bonds is 2. The molecule has 2 N–H and O–H groups in total. The summed E-state index contributed by atoms with van der Waals surface area (Å²) in [5.41, 5.74) is -1.18. The second-order valence-electron chi connectivity index (χ2n) is 3.64. The van der Waals surface area contributed by atoms with Crippen molar-refractivity contribution in [2.45, 2.75) is 24.9 Å². The van der Waals surface area contributed by atoms with Crippen molar-refractivity contribution < 1.29 is 15.0 Å². The van der Waals surface area contributed by atoms with Gasteiger partial charge in [0.05, 0.1) is 19.2 Å². The Morgan fingerprint density at radius 3 is 2.93 bits per heavy atom. The third-order valence-electron chi connectivity index (χ3n) is 2.43. The van der Waals surface area contributed by atoms with Crippen LogP contribution in [0.1, 0.15) is 19.3 Å². The maximum Gasteiger partial charge on any atom is 0.236 e. The summed E-state index contributed by atoms with van der Waals surface area (Å²) in [5.74, 6) is -0.279. The topological polar surface area (TPSA) is 84.6 Å². The molecule has 0 radical (unpaired) electrons. The Labute approximate surface area is 82.6 Å². The van der Waals surface area contributed by atoms with E-state index in [2.05, 4.69) is 0 Å². The molecule has 1 amide bonds. The van der Waals surface area contributed by atoms with Crippen LogP contribution in [0.4, 0.5) is 0 Å². The van der Waals surface area contributed by atoms with Crippen LogP contribution < -0.4 is 0 Å². The second kappa shape index (κ2) is 4.40. The van der Waals surface area contributed by atoms with Crippen LogP contribution in [0.5, 0.6) is 0 Å². The van der Waals surface area contributed by atoms with E-state index in [0.717, 1.165) is 0 Å². The van der Waals surface area contributed by atoms with Gasteiger partial charge in [0, 0.05) is 6.54 Å². The van der Waals surface area contributed by atoms with E-state index >= 15 is 0 Å². The first-order valence-electron chi connectivity index (χ1n) is 4.59. The molecule has 0 aromatic rings. The van der Waals surface area contributed by atoms with E-state index in [1.54, 1.807) is 6.07 Å². The highest BCUT2D eigenvalue weighted by atomic mass is 16.3. The van der Waals surface area contributed by atoms with Gasteiger partial charge in [-0.25, -0.2) is 0 Å². The molecule has 0 aromatic heterocycles. The molecule has 1 saturated heterocycles. The molecule has 1 rings (SSSR count). The number of piperidine rings is 1. The number of carbonyl (C=O) groups excluding carboxylic acids is 1. The Morgan fingerprint density at radius 2 is 2.36 bits per heavy atom. The van der Waals surface area contributed by atoms with Gasteiger partial charge in [-0.2, -0.15) is 5.26 Å². The summed E-state index contributed by atoms with van der Waals surface area (Å²) < 4.78 is 0. The molecule has 0 spiro atoms. The summed E-state index contributed by atoms with van der Waals surface area (Å²) in [7, 11) is 0. The maximum absolute atomic E-state index is 11.3. The van der Waals surface area contributed by atoms with E-state index in [-0.39, 0.29) is 25.5 Å². The molecule has 78 valence electrons. The van der Waals surface area contributed by atoms with Crippen LogP contribution in [0, 0.1) is 11.3 Å². The second-order valence-corrected chi connectivity index (χ2v) is 3.64. The summed E-state index contributed by atoms with van der Waals surface area (Å²) in [4.78, 5) is 12.7. The van der Waals surface area contributed by atoms with Crippen LogP contribution >= 0.6 is 0 Å². The molecule has 0 aliphatic carbocycles. The fourth-order valence-electron chi connectivity index (χ4n) is 1.63. The van der Waals surface area contributed by atoms with Gasteiger partial charge in [-0.1, -0.05) is 0 Å². The van der Waals surface area contributed by atoms with Crippen LogP contribution in [0.3, 0.4) is 0 Å². The highest BCUT2D eigenvalue weighted by Crippen LogP contribution is 2.20. The molecule has 1 heterocycles. The van der Waals surface area contributed by atoms with Gasteiger partial charge in [-0.15, -0.1) is 0 Å². The van der Waals surface area contributed by atoms with Crippen LogP contribution in [-0.2, 0) is 4.79 Å². The van der Waals surface area contributed by atoms with Crippen molar-refractivity contribution in [1.29, 1.82) is 5.26 Å². The summed E-state index contributed by atoms with van der Waals surface area (Å²) in [6.07, 6.45) is 0.996. The Kier molecular flexibility index (Phi) is 3.44. The summed E-state index contributed by atoms with van der Waals surface area (Å²) in [6, 6.07) is 1.77. The lowest BCUT2D eigenvalue weighted by molar-refractivity contribution is -0.139. The molecule has 1 aliphatic heterocycles. The molecule has 0 bridgehead atoms. The molecule has 1 aliphatic rings. The average Bonchev–Trinajstić information content (AvgIpc) is 2.18. The number of aliphatic hydroxyl groups excluding tert-OH is 1. The maximum atomic E-state index is 11.3. The highest BCUT2D eigenvalue weighted by Gasteiger charge is 2.34. The number of carbonyl (C=O) groups is 1. The number of β-amino-alcohol motifs (C(OH)–C–C–N with tert-alkyl or cyclic N) is 1. The van der Waals surface area contributed by atoms with Crippen molar-refractivity contribution >= 4 is 5.91 Å². The Morgan fingerprint density at radius 1 is 1.64 bits per heavy atom. The summed E-state index contributed by atoms with van der Waals surface area (Å²) >= 11 is 0. The number of aliphatic hydroxyl groups is 2. The molecule has 5 heteroatoms. The normalized spacial score (nSPS) is 27.1. The molecule has 14 heavy (non-hydrogen) atoms. The van der Waals surface area contributed by atoms with Crippen molar-refractivity contribution in [3.8, 4) is 6.07 Å². The van der Waals surface area contributed by atoms with Crippen LogP contribution in [0.15, 0.2) is 0 Å². The Hall–Kier alpha value is -1.12. The van der Waals surface area contributed by atoms with E-state index in [9.17, 15) is 9.90 Å². The number of nitrogens with zero attached hydrogens (tertiary/aromatic N) is 2. The molecule has 5 nitrogen and oxygen atoms in total. The molecular formula is C9H14N2O3. The zero-order valence-corrected chi connectivity index (χ0v) is 7.94. The van der Waals surface area contributed by atoms with E-state index in [1.165, 1.54) is 4.90 Å². The number of hydrogen-bond donors (Lipinski definition) is 2. The van der Waals surface area contributed by atoms with E-state index in [4.69, 9.17) is 10.4 Å². The van der Waals surface area contributed by atoms with Gasteiger partial charge < -0.3 is 15.1 Å². The number of likely N-dealkylation sites (tertiary alicyclic amines) is 1. The number of hydrogen-bond acceptors (Lipinski definition) is 4. The quantitative estimate of drug-likeness (QED) is 0.611. The monoisotopic (exact) mass is 198 g/mol. The van der Waals surface area contributed by atoms with Crippen LogP contribution in [0.2, 0.25) is 0 Å². The minimum atomic E-state index is -1.18. The van der Waals surface area contributed by atoms with Gasteiger partial charge in [0.2, 0.25) is 5.91 Å². The zero-order valence-electron chi connectivity index (χ0n) is 7.94. The first kappa shape index (κ1) is 11.0. The standard InChI is InChI=1S/C9H14N2O3/c10-4-2-8(13)11-5-1-3-9(14,6-11)7-12/h12,14H,1-3,5-7H2. The molecule has 1 atom stereocenters. The minimum absolute atomic E-state index is 0.129. The van der Waals surface area contributed by atoms with Crippen LogP contribution in [-0.4, -0.2) is 46.3 Å². The van der Waals surface area contributed by atoms with Crippen LogP contribution in [0.25, 0.3) is 0 Å². The Bertz CT molecular complexity index is 261. The van der Waals surface area contributed by atoms with Gasteiger partial charge in [0.15, 0.2) is 0 Å². The fraction of sp³-hybridized carbons (Fsp3) is 0.778. The third kappa shape index (κ3) is 2.44. The van der Waals surface area contributed by atoms with Gasteiger partial charge in [0.1, 0.15) is 12.0 Å². The summed E-state index contributed by atoms with van der Waals surface area (Å²) in [5, 5.41) is 27.0. The molecule has 0 aromatic carbocycles.